The van der Waals surface area contributed by atoms with Gasteiger partial charge in [0.2, 0.25) is 0 Å². The average Bonchev–Trinajstić information content (AvgIpc) is 3.51. The third-order valence-electron chi connectivity index (χ3n) is 5.11. The summed E-state index contributed by atoms with van der Waals surface area (Å²) in [4.78, 5) is 17.0. The molecule has 0 saturated carbocycles. The van der Waals surface area contributed by atoms with Crippen LogP contribution in [0, 0.1) is 6.92 Å². The SMILES string of the molecule is C=CC=Nc1[nH]cc(-c2nc(-c3cccc(C4C=Cn5ccnc54)c3)cs2)c1C. The molecule has 1 aromatic carbocycles. The molecule has 142 valence electrons. The van der Waals surface area contributed by atoms with Gasteiger partial charge in [-0.2, -0.15) is 0 Å². The minimum absolute atomic E-state index is 0.181. The molecular weight excluding hydrogens is 378 g/mol. The van der Waals surface area contributed by atoms with Gasteiger partial charge in [0, 0.05) is 53.1 Å². The molecule has 1 N–H and O–H groups in total. The van der Waals surface area contributed by atoms with Crippen molar-refractivity contribution in [3.8, 4) is 21.8 Å². The predicted octanol–water partition coefficient (Wildman–Crippen LogP) is 5.81. The number of nitrogens with one attached hydrogen (secondary N) is 1. The van der Waals surface area contributed by atoms with Crippen LogP contribution >= 0.6 is 11.3 Å². The van der Waals surface area contributed by atoms with Crippen molar-refractivity contribution < 1.29 is 0 Å². The number of benzene rings is 1. The van der Waals surface area contributed by atoms with Crippen LogP contribution in [0.4, 0.5) is 5.82 Å². The smallest absolute Gasteiger partial charge is 0.133 e. The summed E-state index contributed by atoms with van der Waals surface area (Å²) in [6.07, 6.45) is 13.4. The van der Waals surface area contributed by atoms with E-state index in [2.05, 4.69) is 75.0 Å². The molecule has 5 rings (SSSR count). The van der Waals surface area contributed by atoms with E-state index in [-0.39, 0.29) is 5.92 Å². The van der Waals surface area contributed by atoms with Crippen LogP contribution in [-0.2, 0) is 0 Å². The van der Waals surface area contributed by atoms with Gasteiger partial charge in [-0.25, -0.2) is 15.0 Å². The summed E-state index contributed by atoms with van der Waals surface area (Å²) in [5.41, 5.74) is 5.47. The van der Waals surface area contributed by atoms with Crippen molar-refractivity contribution in [1.82, 2.24) is 19.5 Å². The minimum atomic E-state index is 0.181. The van der Waals surface area contributed by atoms with Crippen molar-refractivity contribution in [1.29, 1.82) is 0 Å². The highest BCUT2D eigenvalue weighted by molar-refractivity contribution is 7.13. The van der Waals surface area contributed by atoms with Crippen LogP contribution in [0.1, 0.15) is 22.9 Å². The Labute approximate surface area is 172 Å². The molecule has 4 aromatic rings. The lowest BCUT2D eigenvalue weighted by atomic mass is 9.97. The molecular formula is C23H19N5S. The lowest BCUT2D eigenvalue weighted by molar-refractivity contribution is 0.913. The molecule has 0 spiro atoms. The molecule has 0 fully saturated rings. The maximum atomic E-state index is 4.89. The third-order valence-corrected chi connectivity index (χ3v) is 5.99. The highest BCUT2D eigenvalue weighted by atomic mass is 32.1. The van der Waals surface area contributed by atoms with Gasteiger partial charge >= 0.3 is 0 Å². The monoisotopic (exact) mass is 397 g/mol. The van der Waals surface area contributed by atoms with Crippen molar-refractivity contribution in [3.63, 3.8) is 0 Å². The Bertz CT molecular complexity index is 1250. The number of nitrogens with zero attached hydrogens (tertiary/aromatic N) is 4. The largest absolute Gasteiger partial charge is 0.346 e. The summed E-state index contributed by atoms with van der Waals surface area (Å²) in [5, 5.41) is 3.09. The van der Waals surface area contributed by atoms with Crippen molar-refractivity contribution in [2.45, 2.75) is 12.8 Å². The first-order valence-corrected chi connectivity index (χ1v) is 10.2. The Balaban J connectivity index is 1.46. The second-order valence-electron chi connectivity index (χ2n) is 6.87. The third kappa shape index (κ3) is 3.07. The Hall–Kier alpha value is -3.51. The molecule has 3 aromatic heterocycles. The fourth-order valence-electron chi connectivity index (χ4n) is 3.61. The Morgan fingerprint density at radius 2 is 2.28 bits per heavy atom. The first kappa shape index (κ1) is 17.6. The quantitative estimate of drug-likeness (QED) is 0.432. The first-order chi connectivity index (χ1) is 14.2. The van der Waals surface area contributed by atoms with Gasteiger partial charge in [0.05, 0.1) is 11.6 Å². The van der Waals surface area contributed by atoms with Gasteiger partial charge in [-0.05, 0) is 18.6 Å². The topological polar surface area (TPSA) is 58.9 Å². The second kappa shape index (κ2) is 7.14. The predicted molar refractivity (Wildman–Crippen MR) is 120 cm³/mol. The first-order valence-electron chi connectivity index (χ1n) is 9.35. The van der Waals surface area contributed by atoms with Crippen LogP contribution in [0.15, 0.2) is 72.0 Å². The highest BCUT2D eigenvalue weighted by Crippen LogP contribution is 2.36. The van der Waals surface area contributed by atoms with Gasteiger partial charge in [-0.15, -0.1) is 11.3 Å². The van der Waals surface area contributed by atoms with E-state index in [1.54, 1.807) is 23.6 Å². The molecule has 6 heteroatoms. The molecule has 1 aliphatic heterocycles. The van der Waals surface area contributed by atoms with E-state index in [0.717, 1.165) is 39.0 Å². The zero-order chi connectivity index (χ0) is 19.8. The minimum Gasteiger partial charge on any atom is -0.346 e. The molecule has 0 bridgehead atoms. The fourth-order valence-corrected chi connectivity index (χ4v) is 4.51. The zero-order valence-electron chi connectivity index (χ0n) is 15.9. The lowest BCUT2D eigenvalue weighted by Crippen LogP contribution is -1.99. The van der Waals surface area contributed by atoms with Gasteiger partial charge in [0.1, 0.15) is 16.6 Å². The van der Waals surface area contributed by atoms with E-state index >= 15 is 0 Å². The number of hydrogen-bond acceptors (Lipinski definition) is 4. The zero-order valence-corrected chi connectivity index (χ0v) is 16.7. The molecule has 0 amide bonds. The van der Waals surface area contributed by atoms with Crippen LogP contribution < -0.4 is 0 Å². The van der Waals surface area contributed by atoms with Gasteiger partial charge in [0.15, 0.2) is 0 Å². The second-order valence-corrected chi connectivity index (χ2v) is 7.72. The number of imidazole rings is 1. The van der Waals surface area contributed by atoms with Gasteiger partial charge < -0.3 is 9.55 Å². The number of fused-ring (bicyclic) bond motifs is 1. The van der Waals surface area contributed by atoms with E-state index in [9.17, 15) is 0 Å². The summed E-state index contributed by atoms with van der Waals surface area (Å²) >= 11 is 1.64. The molecule has 0 saturated heterocycles. The number of aromatic nitrogens is 4. The molecule has 29 heavy (non-hydrogen) atoms. The van der Waals surface area contributed by atoms with Crippen LogP contribution in [0.2, 0.25) is 0 Å². The van der Waals surface area contributed by atoms with Crippen molar-refractivity contribution >= 4 is 29.6 Å². The van der Waals surface area contributed by atoms with Crippen LogP contribution in [0.3, 0.4) is 0 Å². The summed E-state index contributed by atoms with van der Waals surface area (Å²) in [6, 6.07) is 8.56. The van der Waals surface area contributed by atoms with E-state index in [1.165, 1.54) is 5.56 Å². The summed E-state index contributed by atoms with van der Waals surface area (Å²) < 4.78 is 2.07. The van der Waals surface area contributed by atoms with Gasteiger partial charge in [-0.3, -0.25) is 0 Å². The summed E-state index contributed by atoms with van der Waals surface area (Å²) in [5.74, 6) is 2.07. The van der Waals surface area contributed by atoms with Crippen LogP contribution in [0.25, 0.3) is 28.0 Å². The van der Waals surface area contributed by atoms with Crippen molar-refractivity contribution in [2.75, 3.05) is 0 Å². The standard InChI is InChI=1S/C23H19N5S/c1-3-8-24-21-15(2)19(13-26-21)23-27-20(14-29-23)17-6-4-5-16(12-17)18-7-10-28-11-9-25-22(18)28/h3-14,18,26H,1H2,2H3. The molecule has 1 aliphatic rings. The number of H-pyrrole nitrogens is 1. The van der Waals surface area contributed by atoms with Crippen LogP contribution in [0.5, 0.6) is 0 Å². The van der Waals surface area contributed by atoms with Gasteiger partial charge in [0.25, 0.3) is 0 Å². The number of allylic oxidation sites excluding steroid dienone is 2. The number of rotatable bonds is 5. The molecule has 0 radical (unpaired) electrons. The van der Waals surface area contributed by atoms with Crippen LogP contribution in [-0.4, -0.2) is 25.7 Å². The number of aliphatic imine (C=N–C) groups is 1. The maximum absolute atomic E-state index is 4.89. The number of hydrogen-bond donors (Lipinski definition) is 1. The van der Waals surface area contributed by atoms with E-state index in [1.807, 2.05) is 18.6 Å². The Kier molecular flexibility index (Phi) is 4.33. The summed E-state index contributed by atoms with van der Waals surface area (Å²) in [7, 11) is 0. The molecule has 0 aliphatic carbocycles. The highest BCUT2D eigenvalue weighted by Gasteiger charge is 2.21. The van der Waals surface area contributed by atoms with Gasteiger partial charge in [-0.1, -0.05) is 36.9 Å². The average molecular weight is 398 g/mol. The lowest BCUT2D eigenvalue weighted by Gasteiger charge is -2.09. The fraction of sp³-hybridized carbons (Fsp3) is 0.0870. The molecule has 1 atom stereocenters. The van der Waals surface area contributed by atoms with E-state index < -0.39 is 0 Å². The molecule has 1 unspecified atom stereocenters. The van der Waals surface area contributed by atoms with E-state index in [4.69, 9.17) is 4.98 Å². The molecule has 5 nitrogen and oxygen atoms in total. The maximum Gasteiger partial charge on any atom is 0.133 e. The van der Waals surface area contributed by atoms with Crippen molar-refractivity contribution in [2.24, 2.45) is 4.99 Å². The van der Waals surface area contributed by atoms with Crippen molar-refractivity contribution in [3.05, 3.63) is 83.9 Å². The Morgan fingerprint density at radius 3 is 3.17 bits per heavy atom. The number of aromatic amines is 1. The Morgan fingerprint density at radius 1 is 1.34 bits per heavy atom. The van der Waals surface area contributed by atoms with E-state index in [0.29, 0.717) is 0 Å². The number of thiazole rings is 1. The summed E-state index contributed by atoms with van der Waals surface area (Å²) in [6.45, 7) is 5.72. The molecule has 4 heterocycles. The normalized spacial score (nSPS) is 15.3.